The number of H-pyrrole nitrogens is 1. The van der Waals surface area contributed by atoms with Crippen LogP contribution in [0.1, 0.15) is 44.1 Å². The van der Waals surface area contributed by atoms with Crippen LogP contribution in [0.15, 0.2) is 17.3 Å². The summed E-state index contributed by atoms with van der Waals surface area (Å²) in [5.41, 5.74) is -2.22. The molecular formula is C15H16ClF3N2S. The third-order valence-electron chi connectivity index (χ3n) is 4.04. The summed E-state index contributed by atoms with van der Waals surface area (Å²) in [5, 5.41) is 0.459. The zero-order valence-electron chi connectivity index (χ0n) is 12.0. The van der Waals surface area contributed by atoms with Crippen molar-refractivity contribution in [1.82, 2.24) is 9.97 Å². The van der Waals surface area contributed by atoms with Gasteiger partial charge in [0.05, 0.1) is 11.0 Å². The van der Waals surface area contributed by atoms with E-state index in [2.05, 4.69) is 16.9 Å². The molecule has 0 aliphatic heterocycles. The van der Waals surface area contributed by atoms with Crippen LogP contribution in [0, 0.1) is 5.92 Å². The number of halogens is 4. The van der Waals surface area contributed by atoms with E-state index in [1.165, 1.54) is 19.3 Å². The van der Waals surface area contributed by atoms with Gasteiger partial charge in [-0.3, -0.25) is 0 Å². The van der Waals surface area contributed by atoms with Gasteiger partial charge in [0, 0.05) is 16.8 Å². The summed E-state index contributed by atoms with van der Waals surface area (Å²) in [6.45, 7) is 2.17. The van der Waals surface area contributed by atoms with E-state index in [1.807, 2.05) is 6.07 Å². The smallest absolute Gasteiger partial charge is 0.333 e. The number of nitrogens with zero attached hydrogens (tertiary/aromatic N) is 1. The lowest BCUT2D eigenvalue weighted by Gasteiger charge is -2.04. The number of rotatable bonds is 5. The Morgan fingerprint density at radius 1 is 1.41 bits per heavy atom. The highest BCUT2D eigenvalue weighted by atomic mass is 35.5. The molecule has 0 radical (unpaired) electrons. The summed E-state index contributed by atoms with van der Waals surface area (Å²) >= 11 is 6.06. The van der Waals surface area contributed by atoms with Crippen LogP contribution >= 0.6 is 23.4 Å². The maximum absolute atomic E-state index is 12.4. The van der Waals surface area contributed by atoms with Gasteiger partial charge in [-0.2, -0.15) is 13.2 Å². The van der Waals surface area contributed by atoms with Crippen molar-refractivity contribution in [3.05, 3.63) is 22.7 Å². The number of aromatic nitrogens is 2. The number of thioether (sulfide) groups is 1. The number of imidazole rings is 1. The molecule has 1 N–H and O–H groups in total. The fourth-order valence-corrected chi connectivity index (χ4v) is 3.70. The standard InChI is InChI=1S/C15H16ClF3N2S/c1-2-3-4-8-5-9(8)10-6-12-13(7-11(10)16)21-14(20-12)22-15(17,18)19/h6-9H,2-5H2,1H3,(H,20,21). The highest BCUT2D eigenvalue weighted by Gasteiger charge is 2.39. The topological polar surface area (TPSA) is 28.7 Å². The van der Waals surface area contributed by atoms with Crippen LogP contribution in [0.25, 0.3) is 11.0 Å². The summed E-state index contributed by atoms with van der Waals surface area (Å²) in [5.74, 6) is 1.09. The first kappa shape index (κ1) is 16.0. The van der Waals surface area contributed by atoms with E-state index < -0.39 is 5.51 Å². The second-order valence-electron chi connectivity index (χ2n) is 5.73. The lowest BCUT2D eigenvalue weighted by Crippen LogP contribution is -1.99. The number of aromatic amines is 1. The average Bonchev–Trinajstić information content (AvgIpc) is 3.07. The fraction of sp³-hybridized carbons (Fsp3) is 0.533. The molecule has 1 aliphatic carbocycles. The molecule has 2 nitrogen and oxygen atoms in total. The minimum Gasteiger partial charge on any atom is -0.333 e. The molecule has 0 bridgehead atoms. The molecule has 0 spiro atoms. The second-order valence-corrected chi connectivity index (χ2v) is 7.19. The van der Waals surface area contributed by atoms with Crippen molar-refractivity contribution in [3.8, 4) is 0 Å². The minimum absolute atomic E-state index is 0.144. The Morgan fingerprint density at radius 2 is 2.18 bits per heavy atom. The van der Waals surface area contributed by atoms with Crippen LogP contribution in [-0.4, -0.2) is 15.5 Å². The van der Waals surface area contributed by atoms with Gasteiger partial charge in [0.15, 0.2) is 5.16 Å². The van der Waals surface area contributed by atoms with E-state index in [1.54, 1.807) is 6.07 Å². The first-order valence-corrected chi connectivity index (χ1v) is 8.51. The Labute approximate surface area is 135 Å². The van der Waals surface area contributed by atoms with Gasteiger partial charge < -0.3 is 4.98 Å². The second kappa shape index (κ2) is 5.96. The summed E-state index contributed by atoms with van der Waals surface area (Å²) in [4.78, 5) is 6.68. The molecular weight excluding hydrogens is 333 g/mol. The molecule has 22 heavy (non-hydrogen) atoms. The van der Waals surface area contributed by atoms with Crippen LogP contribution in [0.4, 0.5) is 13.2 Å². The maximum atomic E-state index is 12.4. The first-order chi connectivity index (χ1) is 10.4. The molecule has 3 rings (SSSR count). The van der Waals surface area contributed by atoms with Gasteiger partial charge in [0.1, 0.15) is 0 Å². The molecule has 120 valence electrons. The van der Waals surface area contributed by atoms with E-state index >= 15 is 0 Å². The van der Waals surface area contributed by atoms with Crippen molar-refractivity contribution < 1.29 is 13.2 Å². The molecule has 1 heterocycles. The summed E-state index contributed by atoms with van der Waals surface area (Å²) in [7, 11) is 0. The quantitative estimate of drug-likeness (QED) is 0.659. The first-order valence-electron chi connectivity index (χ1n) is 7.32. The van der Waals surface area contributed by atoms with Crippen molar-refractivity contribution in [2.45, 2.75) is 49.2 Å². The summed E-state index contributed by atoms with van der Waals surface area (Å²) < 4.78 is 37.2. The Kier molecular flexibility index (Phi) is 4.34. The monoisotopic (exact) mass is 348 g/mol. The van der Waals surface area contributed by atoms with Gasteiger partial charge in [-0.1, -0.05) is 31.4 Å². The van der Waals surface area contributed by atoms with Crippen LogP contribution in [0.5, 0.6) is 0 Å². The van der Waals surface area contributed by atoms with Gasteiger partial charge in [-0.05, 0) is 42.4 Å². The molecule has 1 aromatic carbocycles. The Bertz CT molecular complexity index is 683. The third kappa shape index (κ3) is 3.54. The highest BCUT2D eigenvalue weighted by Crippen LogP contribution is 2.52. The van der Waals surface area contributed by atoms with Gasteiger partial charge in [-0.25, -0.2) is 4.98 Å². The van der Waals surface area contributed by atoms with Crippen LogP contribution in [0.3, 0.4) is 0 Å². The van der Waals surface area contributed by atoms with Crippen molar-refractivity contribution in [1.29, 1.82) is 0 Å². The number of alkyl halides is 3. The van der Waals surface area contributed by atoms with Gasteiger partial charge in [-0.15, -0.1) is 0 Å². The lowest BCUT2D eigenvalue weighted by molar-refractivity contribution is -0.0330. The average molecular weight is 349 g/mol. The predicted molar refractivity (Wildman–Crippen MR) is 83.4 cm³/mol. The molecule has 0 amide bonds. The van der Waals surface area contributed by atoms with Crippen LogP contribution in [-0.2, 0) is 0 Å². The molecule has 2 unspecified atom stereocenters. The van der Waals surface area contributed by atoms with Gasteiger partial charge in [0.2, 0.25) is 0 Å². The van der Waals surface area contributed by atoms with Crippen molar-refractivity contribution in [3.63, 3.8) is 0 Å². The number of nitrogens with one attached hydrogen (secondary N) is 1. The van der Waals surface area contributed by atoms with E-state index in [-0.39, 0.29) is 16.9 Å². The molecule has 7 heteroatoms. The largest absolute Gasteiger partial charge is 0.449 e. The number of hydrogen-bond acceptors (Lipinski definition) is 2. The maximum Gasteiger partial charge on any atom is 0.449 e. The molecule has 2 aromatic rings. The van der Waals surface area contributed by atoms with E-state index in [4.69, 9.17) is 11.6 Å². The highest BCUT2D eigenvalue weighted by molar-refractivity contribution is 8.00. The summed E-state index contributed by atoms with van der Waals surface area (Å²) in [6, 6.07) is 3.53. The van der Waals surface area contributed by atoms with Crippen LogP contribution < -0.4 is 0 Å². The number of benzene rings is 1. The number of hydrogen-bond donors (Lipinski definition) is 1. The van der Waals surface area contributed by atoms with E-state index in [0.717, 1.165) is 12.0 Å². The van der Waals surface area contributed by atoms with Gasteiger partial charge in [0.25, 0.3) is 0 Å². The van der Waals surface area contributed by atoms with Crippen molar-refractivity contribution >= 4 is 34.4 Å². The molecule has 1 saturated carbocycles. The molecule has 1 fully saturated rings. The lowest BCUT2D eigenvalue weighted by atomic mass is 10.1. The summed E-state index contributed by atoms with van der Waals surface area (Å²) in [6.07, 6.45) is 4.68. The third-order valence-corrected chi connectivity index (χ3v) is 4.99. The Balaban J connectivity index is 1.83. The minimum atomic E-state index is -4.34. The Hall–Kier alpha value is -0.880. The van der Waals surface area contributed by atoms with E-state index in [0.29, 0.717) is 27.9 Å². The molecule has 1 aliphatic rings. The number of unbranched alkanes of at least 4 members (excludes halogenated alkanes) is 1. The Morgan fingerprint density at radius 3 is 2.86 bits per heavy atom. The molecule has 2 atom stereocenters. The molecule has 1 aromatic heterocycles. The number of fused-ring (bicyclic) bond motifs is 1. The van der Waals surface area contributed by atoms with E-state index in [9.17, 15) is 13.2 Å². The fourth-order valence-electron chi connectivity index (χ4n) is 2.88. The zero-order chi connectivity index (χ0) is 15.9. The SMILES string of the molecule is CCCCC1CC1c1cc2[nH]c(SC(F)(F)F)nc2cc1Cl. The molecule has 0 saturated heterocycles. The zero-order valence-corrected chi connectivity index (χ0v) is 13.6. The van der Waals surface area contributed by atoms with Gasteiger partial charge >= 0.3 is 5.51 Å². The normalized spacial score (nSPS) is 21.5. The van der Waals surface area contributed by atoms with Crippen LogP contribution in [0.2, 0.25) is 5.02 Å². The van der Waals surface area contributed by atoms with Crippen molar-refractivity contribution in [2.75, 3.05) is 0 Å². The predicted octanol–water partition coefficient (Wildman–Crippen LogP) is 6.12. The van der Waals surface area contributed by atoms with Crippen molar-refractivity contribution in [2.24, 2.45) is 5.92 Å².